The molecule has 0 aromatic carbocycles. The van der Waals surface area contributed by atoms with Crippen molar-refractivity contribution in [2.75, 3.05) is 0 Å². The Morgan fingerprint density at radius 1 is 1.47 bits per heavy atom. The summed E-state index contributed by atoms with van der Waals surface area (Å²) in [6.45, 7) is 3.90. The van der Waals surface area contributed by atoms with Gasteiger partial charge >= 0.3 is 5.69 Å². The van der Waals surface area contributed by atoms with E-state index in [0.717, 1.165) is 12.8 Å². The second kappa shape index (κ2) is 5.08. The fourth-order valence-corrected chi connectivity index (χ4v) is 3.42. The molecule has 0 saturated heterocycles. The summed E-state index contributed by atoms with van der Waals surface area (Å²) in [6, 6.07) is 0.0862. The number of H-pyrrole nitrogens is 1. The summed E-state index contributed by atoms with van der Waals surface area (Å²) in [6.07, 6.45) is 3.28. The molecule has 1 saturated carbocycles. The molecule has 1 heterocycles. The number of hydrogen-bond donors (Lipinski definition) is 1. The molecule has 1 aliphatic carbocycles. The lowest BCUT2D eigenvalue weighted by molar-refractivity contribution is -0.120. The van der Waals surface area contributed by atoms with Gasteiger partial charge in [-0.3, -0.25) is 9.36 Å². The summed E-state index contributed by atoms with van der Waals surface area (Å²) < 4.78 is 1.64. The molecule has 1 atom stereocenters. The van der Waals surface area contributed by atoms with Crippen LogP contribution in [0.15, 0.2) is 9.95 Å². The Morgan fingerprint density at radius 2 is 2.24 bits per heavy atom. The van der Waals surface area contributed by atoms with Gasteiger partial charge in [-0.05, 0) is 26.7 Å². The Kier molecular flexibility index (Phi) is 3.71. The first kappa shape index (κ1) is 12.4. The smallest absolute Gasteiger partial charge is 0.300 e. The largest absolute Gasteiger partial charge is 0.344 e. The number of carbonyl (C=O) groups excluding carboxylic acids is 1. The molecule has 0 aliphatic heterocycles. The van der Waals surface area contributed by atoms with E-state index in [-0.39, 0.29) is 17.0 Å². The van der Waals surface area contributed by atoms with E-state index >= 15 is 0 Å². The van der Waals surface area contributed by atoms with Gasteiger partial charge in [-0.1, -0.05) is 11.8 Å². The zero-order valence-electron chi connectivity index (χ0n) is 10.1. The zero-order chi connectivity index (χ0) is 12.4. The van der Waals surface area contributed by atoms with Crippen molar-refractivity contribution in [3.63, 3.8) is 0 Å². The van der Waals surface area contributed by atoms with Crippen LogP contribution in [0.1, 0.15) is 45.6 Å². The van der Waals surface area contributed by atoms with Gasteiger partial charge in [-0.15, -0.1) is 5.10 Å². The molecule has 1 aromatic rings. The highest BCUT2D eigenvalue weighted by Crippen LogP contribution is 2.31. The SMILES string of the molecule is CC(C)n1c(SC2CCCC(=O)C2)n[nH]c1=O. The van der Waals surface area contributed by atoms with Crippen molar-refractivity contribution in [3.05, 3.63) is 10.5 Å². The minimum Gasteiger partial charge on any atom is -0.300 e. The summed E-state index contributed by atoms with van der Waals surface area (Å²) in [5, 5.41) is 7.47. The van der Waals surface area contributed by atoms with Gasteiger partial charge in [0.15, 0.2) is 5.16 Å². The predicted molar refractivity (Wildman–Crippen MR) is 66.4 cm³/mol. The van der Waals surface area contributed by atoms with Gasteiger partial charge in [0, 0.05) is 24.1 Å². The van der Waals surface area contributed by atoms with Crippen LogP contribution in [0.2, 0.25) is 0 Å². The summed E-state index contributed by atoms with van der Waals surface area (Å²) in [5.41, 5.74) is -0.176. The third-order valence-corrected chi connectivity index (χ3v) is 4.13. The van der Waals surface area contributed by atoms with Crippen LogP contribution in [0.5, 0.6) is 0 Å². The van der Waals surface area contributed by atoms with Crippen molar-refractivity contribution < 1.29 is 4.79 Å². The third-order valence-electron chi connectivity index (χ3n) is 2.90. The Balaban J connectivity index is 2.13. The Morgan fingerprint density at radius 3 is 2.88 bits per heavy atom. The lowest BCUT2D eigenvalue weighted by atomic mass is 9.99. The van der Waals surface area contributed by atoms with Crippen LogP contribution in [-0.4, -0.2) is 25.8 Å². The van der Waals surface area contributed by atoms with Crippen molar-refractivity contribution in [2.24, 2.45) is 0 Å². The second-order valence-corrected chi connectivity index (χ2v) is 5.92. The third kappa shape index (κ3) is 2.80. The van der Waals surface area contributed by atoms with E-state index in [1.807, 2.05) is 13.8 Å². The minimum atomic E-state index is -0.176. The van der Waals surface area contributed by atoms with Crippen LogP contribution in [-0.2, 0) is 4.79 Å². The molecule has 1 unspecified atom stereocenters. The molecular formula is C11H17N3O2S. The van der Waals surface area contributed by atoms with Crippen LogP contribution in [0, 0.1) is 0 Å². The van der Waals surface area contributed by atoms with Crippen LogP contribution < -0.4 is 5.69 Å². The number of Topliss-reactive ketones (excluding diaryl/α,β-unsaturated/α-hetero) is 1. The summed E-state index contributed by atoms with van der Waals surface area (Å²) >= 11 is 1.54. The number of rotatable bonds is 3. The van der Waals surface area contributed by atoms with Crippen LogP contribution in [0.3, 0.4) is 0 Å². The monoisotopic (exact) mass is 255 g/mol. The molecule has 1 aromatic heterocycles. The van der Waals surface area contributed by atoms with Crippen LogP contribution in [0.25, 0.3) is 0 Å². The maximum Gasteiger partial charge on any atom is 0.344 e. The standard InChI is InChI=1S/C11H17N3O2S/c1-7(2)14-10(16)12-13-11(14)17-9-5-3-4-8(15)6-9/h7,9H,3-6H2,1-2H3,(H,12,16). The number of hydrogen-bond acceptors (Lipinski definition) is 4. The lowest BCUT2D eigenvalue weighted by Gasteiger charge is -2.20. The number of nitrogens with zero attached hydrogens (tertiary/aromatic N) is 2. The molecule has 0 radical (unpaired) electrons. The lowest BCUT2D eigenvalue weighted by Crippen LogP contribution is -2.21. The first-order chi connectivity index (χ1) is 8.08. The molecule has 2 rings (SSSR count). The number of aromatic amines is 1. The van der Waals surface area contributed by atoms with Crippen molar-refractivity contribution in [1.82, 2.24) is 14.8 Å². The summed E-state index contributed by atoms with van der Waals surface area (Å²) in [4.78, 5) is 22.9. The molecule has 6 heteroatoms. The van der Waals surface area contributed by atoms with E-state index in [1.54, 1.807) is 16.3 Å². The number of nitrogens with one attached hydrogen (secondary N) is 1. The number of thioether (sulfide) groups is 1. The van der Waals surface area contributed by atoms with Crippen molar-refractivity contribution >= 4 is 17.5 Å². The molecule has 1 fully saturated rings. The number of ketones is 1. The van der Waals surface area contributed by atoms with Gasteiger partial charge < -0.3 is 0 Å². The van der Waals surface area contributed by atoms with Crippen LogP contribution >= 0.6 is 11.8 Å². The minimum absolute atomic E-state index is 0.0862. The molecule has 17 heavy (non-hydrogen) atoms. The van der Waals surface area contributed by atoms with Crippen molar-refractivity contribution in [3.8, 4) is 0 Å². The highest BCUT2D eigenvalue weighted by molar-refractivity contribution is 7.99. The van der Waals surface area contributed by atoms with E-state index in [9.17, 15) is 9.59 Å². The van der Waals surface area contributed by atoms with Gasteiger partial charge in [0.2, 0.25) is 0 Å². The fourth-order valence-electron chi connectivity index (χ4n) is 2.06. The molecule has 94 valence electrons. The van der Waals surface area contributed by atoms with Gasteiger partial charge in [0.25, 0.3) is 0 Å². The van der Waals surface area contributed by atoms with Crippen LogP contribution in [0.4, 0.5) is 0 Å². The van der Waals surface area contributed by atoms with E-state index in [2.05, 4.69) is 10.2 Å². The molecular weight excluding hydrogens is 238 g/mol. The number of aromatic nitrogens is 3. The molecule has 5 nitrogen and oxygen atoms in total. The second-order valence-electron chi connectivity index (χ2n) is 4.65. The average molecular weight is 255 g/mol. The zero-order valence-corrected chi connectivity index (χ0v) is 10.9. The first-order valence-corrected chi connectivity index (χ1v) is 6.81. The van der Waals surface area contributed by atoms with Gasteiger partial charge in [0.05, 0.1) is 0 Å². The normalized spacial score (nSPS) is 21.1. The Bertz CT molecular complexity index is 464. The van der Waals surface area contributed by atoms with E-state index in [1.165, 1.54) is 0 Å². The summed E-state index contributed by atoms with van der Waals surface area (Å²) in [7, 11) is 0. The molecule has 0 amide bonds. The Labute approximate surface area is 104 Å². The van der Waals surface area contributed by atoms with E-state index in [0.29, 0.717) is 23.8 Å². The maximum atomic E-state index is 11.6. The van der Waals surface area contributed by atoms with Gasteiger partial charge in [-0.25, -0.2) is 9.89 Å². The van der Waals surface area contributed by atoms with Gasteiger partial charge in [-0.2, -0.15) is 0 Å². The molecule has 1 N–H and O–H groups in total. The highest BCUT2D eigenvalue weighted by Gasteiger charge is 2.23. The molecule has 0 bridgehead atoms. The molecule has 1 aliphatic rings. The summed E-state index contributed by atoms with van der Waals surface area (Å²) in [5.74, 6) is 0.322. The topological polar surface area (TPSA) is 67.8 Å². The van der Waals surface area contributed by atoms with E-state index in [4.69, 9.17) is 0 Å². The average Bonchev–Trinajstić information content (AvgIpc) is 2.59. The quantitative estimate of drug-likeness (QED) is 0.893. The number of carbonyl (C=O) groups is 1. The fraction of sp³-hybridized carbons (Fsp3) is 0.727. The Hall–Kier alpha value is -1.04. The maximum absolute atomic E-state index is 11.6. The van der Waals surface area contributed by atoms with Gasteiger partial charge in [0.1, 0.15) is 5.78 Å². The van der Waals surface area contributed by atoms with Crippen molar-refractivity contribution in [1.29, 1.82) is 0 Å². The predicted octanol–water partition coefficient (Wildman–Crippen LogP) is 1.76. The molecule has 0 spiro atoms. The highest BCUT2D eigenvalue weighted by atomic mass is 32.2. The first-order valence-electron chi connectivity index (χ1n) is 5.93. The van der Waals surface area contributed by atoms with E-state index < -0.39 is 0 Å². The van der Waals surface area contributed by atoms with Crippen molar-refractivity contribution in [2.45, 2.75) is 56.0 Å².